The van der Waals surface area contributed by atoms with Crippen LogP contribution in [0.2, 0.25) is 0 Å². The van der Waals surface area contributed by atoms with Gasteiger partial charge >= 0.3 is 5.97 Å². The highest BCUT2D eigenvalue weighted by atomic mass is 16.5. The number of rotatable bonds is 9. The summed E-state index contributed by atoms with van der Waals surface area (Å²) in [5.74, 6) is 0.277. The summed E-state index contributed by atoms with van der Waals surface area (Å²) in [5, 5.41) is 3.20. The number of carbonyl (C=O) groups excluding carboxylic acids is 2. The van der Waals surface area contributed by atoms with Crippen LogP contribution >= 0.6 is 0 Å². The van der Waals surface area contributed by atoms with Gasteiger partial charge in [0, 0.05) is 6.04 Å². The van der Waals surface area contributed by atoms with Crippen LogP contribution in [0.5, 0.6) is 0 Å². The van der Waals surface area contributed by atoms with Crippen molar-refractivity contribution in [2.45, 2.75) is 51.6 Å². The molecule has 136 valence electrons. The third-order valence-electron chi connectivity index (χ3n) is 4.89. The van der Waals surface area contributed by atoms with E-state index in [4.69, 9.17) is 4.74 Å². The van der Waals surface area contributed by atoms with Gasteiger partial charge in [0.1, 0.15) is 0 Å². The highest BCUT2D eigenvalue weighted by Crippen LogP contribution is 2.41. The predicted octanol–water partition coefficient (Wildman–Crippen LogP) is 2.59. The van der Waals surface area contributed by atoms with Gasteiger partial charge in [-0.1, -0.05) is 29.8 Å². The number of hydrogen-bond acceptors (Lipinski definition) is 4. The van der Waals surface area contributed by atoms with E-state index >= 15 is 0 Å². The van der Waals surface area contributed by atoms with Crippen molar-refractivity contribution in [3.63, 3.8) is 0 Å². The van der Waals surface area contributed by atoms with Gasteiger partial charge in [-0.2, -0.15) is 0 Å². The summed E-state index contributed by atoms with van der Waals surface area (Å²) in [6.07, 6.45) is 4.43. The van der Waals surface area contributed by atoms with Gasteiger partial charge in [-0.3, -0.25) is 14.5 Å². The first-order chi connectivity index (χ1) is 12.1. The zero-order valence-corrected chi connectivity index (χ0v) is 15.2. The van der Waals surface area contributed by atoms with Crippen molar-refractivity contribution in [1.29, 1.82) is 0 Å². The Kier molecular flexibility index (Phi) is 5.74. The van der Waals surface area contributed by atoms with Crippen molar-refractivity contribution in [2.75, 3.05) is 19.7 Å². The van der Waals surface area contributed by atoms with E-state index in [2.05, 4.69) is 36.5 Å². The van der Waals surface area contributed by atoms with Gasteiger partial charge in [-0.15, -0.1) is 0 Å². The minimum Gasteiger partial charge on any atom is -0.465 e. The van der Waals surface area contributed by atoms with Gasteiger partial charge < -0.3 is 10.1 Å². The average Bonchev–Trinajstić information content (AvgIpc) is 3.47. The maximum absolute atomic E-state index is 12.6. The van der Waals surface area contributed by atoms with E-state index in [9.17, 15) is 9.59 Å². The van der Waals surface area contributed by atoms with Gasteiger partial charge in [0.2, 0.25) is 5.91 Å². The lowest BCUT2D eigenvalue weighted by atomic mass is 10.0. The molecule has 2 fully saturated rings. The Morgan fingerprint density at radius 3 is 2.40 bits per heavy atom. The zero-order valence-electron chi connectivity index (χ0n) is 15.2. The Balaban J connectivity index is 1.58. The van der Waals surface area contributed by atoms with E-state index in [1.54, 1.807) is 6.92 Å². The van der Waals surface area contributed by atoms with E-state index in [1.807, 2.05) is 4.90 Å². The number of nitrogens with one attached hydrogen (secondary N) is 1. The summed E-state index contributed by atoms with van der Waals surface area (Å²) in [7, 11) is 0. The van der Waals surface area contributed by atoms with Crippen LogP contribution in [0.25, 0.3) is 0 Å². The number of nitrogens with zero attached hydrogens (tertiary/aromatic N) is 1. The summed E-state index contributed by atoms with van der Waals surface area (Å²) in [6, 6.07) is 8.82. The molecule has 2 aliphatic carbocycles. The maximum Gasteiger partial charge on any atom is 0.320 e. The van der Waals surface area contributed by atoms with Crippen LogP contribution in [0.15, 0.2) is 24.3 Å². The topological polar surface area (TPSA) is 58.6 Å². The van der Waals surface area contributed by atoms with E-state index in [1.165, 1.54) is 11.1 Å². The maximum atomic E-state index is 12.6. The van der Waals surface area contributed by atoms with Crippen molar-refractivity contribution < 1.29 is 14.3 Å². The second kappa shape index (κ2) is 8.00. The molecule has 5 heteroatoms. The molecule has 1 atom stereocenters. The summed E-state index contributed by atoms with van der Waals surface area (Å²) in [5.41, 5.74) is 2.39. The number of ether oxygens (including phenoxy) is 1. The molecule has 5 nitrogen and oxygen atoms in total. The fourth-order valence-corrected chi connectivity index (χ4v) is 3.21. The van der Waals surface area contributed by atoms with Crippen molar-refractivity contribution in [1.82, 2.24) is 10.2 Å². The van der Waals surface area contributed by atoms with Crippen molar-refractivity contribution >= 4 is 11.9 Å². The van der Waals surface area contributed by atoms with Crippen LogP contribution in [0.4, 0.5) is 0 Å². The van der Waals surface area contributed by atoms with Gasteiger partial charge in [0.15, 0.2) is 0 Å². The second-order valence-electron chi connectivity index (χ2n) is 7.23. The first-order valence-corrected chi connectivity index (χ1v) is 9.32. The molecule has 0 aromatic heterocycles. The van der Waals surface area contributed by atoms with Crippen molar-refractivity contribution in [3.8, 4) is 0 Å². The number of benzene rings is 1. The van der Waals surface area contributed by atoms with Gasteiger partial charge in [-0.25, -0.2) is 0 Å². The van der Waals surface area contributed by atoms with Gasteiger partial charge in [0.25, 0.3) is 0 Å². The smallest absolute Gasteiger partial charge is 0.320 e. The normalized spacial score (nSPS) is 18.0. The average molecular weight is 344 g/mol. The molecule has 0 saturated heterocycles. The largest absolute Gasteiger partial charge is 0.465 e. The molecule has 0 radical (unpaired) electrons. The van der Waals surface area contributed by atoms with E-state index in [-0.39, 0.29) is 31.0 Å². The summed E-state index contributed by atoms with van der Waals surface area (Å²) < 4.78 is 5.03. The number of esters is 1. The lowest BCUT2D eigenvalue weighted by molar-refractivity contribution is -0.144. The van der Waals surface area contributed by atoms with Crippen LogP contribution in [-0.4, -0.2) is 42.5 Å². The van der Waals surface area contributed by atoms with E-state index in [0.29, 0.717) is 18.6 Å². The zero-order chi connectivity index (χ0) is 17.8. The number of hydrogen-bond donors (Lipinski definition) is 1. The first kappa shape index (κ1) is 17.9. The molecule has 0 bridgehead atoms. The predicted molar refractivity (Wildman–Crippen MR) is 96.0 cm³/mol. The van der Waals surface area contributed by atoms with Crippen LogP contribution in [0, 0.1) is 12.8 Å². The Bertz CT molecular complexity index is 606. The Morgan fingerprint density at radius 2 is 1.84 bits per heavy atom. The van der Waals surface area contributed by atoms with Crippen molar-refractivity contribution in [2.24, 2.45) is 5.92 Å². The molecule has 0 aliphatic heterocycles. The lowest BCUT2D eigenvalue weighted by Crippen LogP contribution is -2.42. The molecule has 0 spiro atoms. The van der Waals surface area contributed by atoms with Crippen LogP contribution < -0.4 is 5.32 Å². The molecule has 1 aromatic rings. The highest BCUT2D eigenvalue weighted by molar-refractivity contribution is 5.80. The number of aryl methyl sites for hydroxylation is 1. The van der Waals surface area contributed by atoms with Crippen LogP contribution in [0.1, 0.15) is 49.8 Å². The second-order valence-corrected chi connectivity index (χ2v) is 7.23. The molecule has 2 saturated carbocycles. The van der Waals surface area contributed by atoms with Gasteiger partial charge in [0.05, 0.1) is 25.7 Å². The SMILES string of the molecule is CCOC(=O)CN(CC(=O)NC(c1ccc(C)cc1)C1CC1)C1CC1. The summed E-state index contributed by atoms with van der Waals surface area (Å²) in [6.45, 7) is 4.70. The Morgan fingerprint density at radius 1 is 1.16 bits per heavy atom. The third kappa shape index (κ3) is 5.30. The molecule has 25 heavy (non-hydrogen) atoms. The molecule has 0 heterocycles. The van der Waals surface area contributed by atoms with Gasteiger partial charge in [-0.05, 0) is 51.0 Å². The summed E-state index contributed by atoms with van der Waals surface area (Å²) >= 11 is 0. The molecule has 2 aliphatic rings. The Hall–Kier alpha value is -1.88. The molecular formula is C20H28N2O3. The standard InChI is InChI=1S/C20H28N2O3/c1-3-25-19(24)13-22(17-10-11-17)12-18(23)21-20(16-8-9-16)15-6-4-14(2)5-7-15/h4-7,16-17,20H,3,8-13H2,1-2H3,(H,21,23). The molecule has 1 unspecified atom stereocenters. The minimum absolute atomic E-state index is 0.00586. The number of amides is 1. The van der Waals surface area contributed by atoms with Crippen LogP contribution in [0.3, 0.4) is 0 Å². The van der Waals surface area contributed by atoms with Crippen molar-refractivity contribution in [3.05, 3.63) is 35.4 Å². The molecule has 1 amide bonds. The molecular weight excluding hydrogens is 316 g/mol. The van der Waals surface area contributed by atoms with Crippen LogP contribution in [-0.2, 0) is 14.3 Å². The highest BCUT2D eigenvalue weighted by Gasteiger charge is 2.35. The van der Waals surface area contributed by atoms with E-state index in [0.717, 1.165) is 25.7 Å². The Labute approximate surface area is 149 Å². The number of carbonyl (C=O) groups is 2. The minimum atomic E-state index is -0.250. The quantitative estimate of drug-likeness (QED) is 0.700. The molecule has 1 N–H and O–H groups in total. The monoisotopic (exact) mass is 344 g/mol. The first-order valence-electron chi connectivity index (χ1n) is 9.32. The molecule has 1 aromatic carbocycles. The summed E-state index contributed by atoms with van der Waals surface area (Å²) in [4.78, 5) is 26.3. The fourth-order valence-electron chi connectivity index (χ4n) is 3.21. The molecule has 3 rings (SSSR count). The van der Waals surface area contributed by atoms with E-state index < -0.39 is 0 Å². The fraction of sp³-hybridized carbons (Fsp3) is 0.600. The lowest BCUT2D eigenvalue weighted by Gasteiger charge is -2.23. The third-order valence-corrected chi connectivity index (χ3v) is 4.89.